The van der Waals surface area contributed by atoms with Crippen LogP contribution in [0.25, 0.3) is 22.2 Å². The average Bonchev–Trinajstić information content (AvgIpc) is 2.87. The quantitative estimate of drug-likeness (QED) is 0.723. The molecule has 0 radical (unpaired) electrons. The Kier molecular flexibility index (Phi) is 4.66. The summed E-state index contributed by atoms with van der Waals surface area (Å²) >= 11 is 0. The second-order valence-electron chi connectivity index (χ2n) is 5.27. The van der Waals surface area contributed by atoms with Crippen LogP contribution < -0.4 is 0 Å². The number of hydrogen-bond donors (Lipinski definition) is 0. The standard InChI is InChI=1S/C17H19N3.ClH/c1-13(19(2)3)20-16-12-8-7-11-15(16)17(18-20)14-9-5-4-6-10-14;/h4-13H,1-3H3;1H. The summed E-state index contributed by atoms with van der Waals surface area (Å²) in [5, 5.41) is 6.06. The first kappa shape index (κ1) is 15.5. The highest BCUT2D eigenvalue weighted by molar-refractivity contribution is 5.93. The molecule has 0 amide bonds. The van der Waals surface area contributed by atoms with E-state index in [1.807, 2.05) is 6.07 Å². The molecular weight excluding hydrogens is 282 g/mol. The third-order valence-electron chi connectivity index (χ3n) is 3.76. The van der Waals surface area contributed by atoms with Crippen molar-refractivity contribution >= 4 is 23.3 Å². The lowest BCUT2D eigenvalue weighted by molar-refractivity contribution is 0.227. The van der Waals surface area contributed by atoms with Gasteiger partial charge in [-0.25, -0.2) is 4.68 Å². The molecule has 1 aromatic heterocycles. The highest BCUT2D eigenvalue weighted by Gasteiger charge is 2.16. The largest absolute Gasteiger partial charge is 0.288 e. The predicted octanol–water partition coefficient (Wildman–Crippen LogP) is 4.21. The molecule has 110 valence electrons. The lowest BCUT2D eigenvalue weighted by atomic mass is 10.1. The fourth-order valence-corrected chi connectivity index (χ4v) is 2.40. The molecule has 1 unspecified atom stereocenters. The fourth-order valence-electron chi connectivity index (χ4n) is 2.40. The van der Waals surface area contributed by atoms with Gasteiger partial charge in [-0.1, -0.05) is 48.5 Å². The maximum Gasteiger partial charge on any atom is 0.101 e. The Morgan fingerprint density at radius 3 is 2.24 bits per heavy atom. The number of aromatic nitrogens is 2. The van der Waals surface area contributed by atoms with E-state index in [0.717, 1.165) is 11.3 Å². The molecule has 1 heterocycles. The first-order valence-corrected chi connectivity index (χ1v) is 6.87. The van der Waals surface area contributed by atoms with Crippen LogP contribution in [0, 0.1) is 0 Å². The van der Waals surface area contributed by atoms with Crippen LogP contribution in [0.2, 0.25) is 0 Å². The highest BCUT2D eigenvalue weighted by Crippen LogP contribution is 2.29. The Balaban J connectivity index is 0.00000161. The molecule has 0 spiro atoms. The van der Waals surface area contributed by atoms with Crippen LogP contribution in [0.1, 0.15) is 13.1 Å². The Morgan fingerprint density at radius 2 is 1.57 bits per heavy atom. The van der Waals surface area contributed by atoms with Crippen molar-refractivity contribution in [1.29, 1.82) is 0 Å². The van der Waals surface area contributed by atoms with Gasteiger partial charge >= 0.3 is 0 Å². The molecule has 3 rings (SSSR count). The van der Waals surface area contributed by atoms with Crippen LogP contribution in [0.5, 0.6) is 0 Å². The van der Waals surface area contributed by atoms with E-state index >= 15 is 0 Å². The normalized spacial score (nSPS) is 12.4. The minimum absolute atomic E-state index is 0. The van der Waals surface area contributed by atoms with E-state index in [4.69, 9.17) is 5.10 Å². The summed E-state index contributed by atoms with van der Waals surface area (Å²) in [5.74, 6) is 0. The average molecular weight is 302 g/mol. The number of hydrogen-bond acceptors (Lipinski definition) is 2. The van der Waals surface area contributed by atoms with Gasteiger partial charge in [-0.15, -0.1) is 12.4 Å². The smallest absolute Gasteiger partial charge is 0.101 e. The summed E-state index contributed by atoms with van der Waals surface area (Å²) in [4.78, 5) is 2.16. The van der Waals surface area contributed by atoms with E-state index < -0.39 is 0 Å². The molecular formula is C17H20ClN3. The second kappa shape index (κ2) is 6.29. The summed E-state index contributed by atoms with van der Waals surface area (Å²) in [7, 11) is 4.15. The van der Waals surface area contributed by atoms with Crippen LogP contribution in [0.3, 0.4) is 0 Å². The van der Waals surface area contributed by atoms with Crippen molar-refractivity contribution in [3.05, 3.63) is 54.6 Å². The Morgan fingerprint density at radius 1 is 0.952 bits per heavy atom. The Labute approximate surface area is 131 Å². The molecule has 0 saturated heterocycles. The van der Waals surface area contributed by atoms with E-state index in [1.54, 1.807) is 0 Å². The van der Waals surface area contributed by atoms with Crippen LogP contribution in [0.15, 0.2) is 54.6 Å². The minimum atomic E-state index is 0. The van der Waals surface area contributed by atoms with Gasteiger partial charge in [-0.3, -0.25) is 4.90 Å². The molecule has 0 bridgehead atoms. The molecule has 0 saturated carbocycles. The molecule has 0 aliphatic carbocycles. The maximum absolute atomic E-state index is 4.86. The van der Waals surface area contributed by atoms with Gasteiger partial charge in [-0.2, -0.15) is 5.10 Å². The van der Waals surface area contributed by atoms with Gasteiger partial charge in [0, 0.05) is 10.9 Å². The van der Waals surface area contributed by atoms with E-state index in [0.29, 0.717) is 0 Å². The number of rotatable bonds is 3. The number of fused-ring (bicyclic) bond motifs is 1. The van der Waals surface area contributed by atoms with Crippen LogP contribution in [0.4, 0.5) is 0 Å². The van der Waals surface area contributed by atoms with Gasteiger partial charge in [0.05, 0.1) is 5.52 Å². The predicted molar refractivity (Wildman–Crippen MR) is 90.8 cm³/mol. The van der Waals surface area contributed by atoms with Crippen molar-refractivity contribution in [2.75, 3.05) is 14.1 Å². The van der Waals surface area contributed by atoms with Crippen molar-refractivity contribution in [3.8, 4) is 11.3 Å². The number of para-hydroxylation sites is 1. The van der Waals surface area contributed by atoms with Gasteiger partial charge in [0.1, 0.15) is 11.9 Å². The molecule has 3 aromatic rings. The molecule has 21 heavy (non-hydrogen) atoms. The van der Waals surface area contributed by atoms with E-state index in [9.17, 15) is 0 Å². The van der Waals surface area contributed by atoms with E-state index in [1.165, 1.54) is 10.9 Å². The first-order valence-electron chi connectivity index (χ1n) is 6.87. The van der Waals surface area contributed by atoms with Crippen LogP contribution in [-0.2, 0) is 0 Å². The zero-order valence-corrected chi connectivity index (χ0v) is 13.3. The second-order valence-corrected chi connectivity index (χ2v) is 5.27. The lowest BCUT2D eigenvalue weighted by Gasteiger charge is -2.20. The molecule has 1 atom stereocenters. The van der Waals surface area contributed by atoms with Crippen molar-refractivity contribution in [2.45, 2.75) is 13.1 Å². The Bertz CT molecular complexity index is 719. The maximum atomic E-state index is 4.86. The van der Waals surface area contributed by atoms with Gasteiger partial charge in [-0.05, 0) is 27.1 Å². The lowest BCUT2D eigenvalue weighted by Crippen LogP contribution is -2.23. The number of benzene rings is 2. The first-order chi connectivity index (χ1) is 9.68. The molecule has 0 aliphatic rings. The van der Waals surface area contributed by atoms with Gasteiger partial charge in [0.25, 0.3) is 0 Å². The van der Waals surface area contributed by atoms with Crippen molar-refractivity contribution in [2.24, 2.45) is 0 Å². The summed E-state index contributed by atoms with van der Waals surface area (Å²) in [6, 6.07) is 18.8. The minimum Gasteiger partial charge on any atom is -0.288 e. The van der Waals surface area contributed by atoms with Crippen molar-refractivity contribution < 1.29 is 0 Å². The molecule has 4 heteroatoms. The van der Waals surface area contributed by atoms with Gasteiger partial charge in [0.15, 0.2) is 0 Å². The summed E-state index contributed by atoms with van der Waals surface area (Å²) in [6.45, 7) is 2.16. The van der Waals surface area contributed by atoms with E-state index in [-0.39, 0.29) is 18.6 Å². The van der Waals surface area contributed by atoms with Gasteiger partial charge < -0.3 is 0 Å². The summed E-state index contributed by atoms with van der Waals surface area (Å²) in [5.41, 5.74) is 3.39. The third kappa shape index (κ3) is 2.80. The third-order valence-corrected chi connectivity index (χ3v) is 3.76. The SMILES string of the molecule is CC(N(C)C)n1nc(-c2ccccc2)c2ccccc21.Cl. The van der Waals surface area contributed by atoms with Crippen LogP contribution >= 0.6 is 12.4 Å². The Hall–Kier alpha value is -1.84. The van der Waals surface area contributed by atoms with Gasteiger partial charge in [0.2, 0.25) is 0 Å². The molecule has 0 aliphatic heterocycles. The van der Waals surface area contributed by atoms with Crippen molar-refractivity contribution in [1.82, 2.24) is 14.7 Å². The zero-order valence-electron chi connectivity index (χ0n) is 12.5. The fraction of sp³-hybridized carbons (Fsp3) is 0.235. The van der Waals surface area contributed by atoms with E-state index in [2.05, 4.69) is 79.1 Å². The monoisotopic (exact) mass is 301 g/mol. The number of halogens is 1. The molecule has 0 N–H and O–H groups in total. The topological polar surface area (TPSA) is 21.1 Å². The summed E-state index contributed by atoms with van der Waals surface area (Å²) < 4.78 is 2.09. The zero-order chi connectivity index (χ0) is 14.1. The van der Waals surface area contributed by atoms with Crippen molar-refractivity contribution in [3.63, 3.8) is 0 Å². The highest BCUT2D eigenvalue weighted by atomic mass is 35.5. The molecule has 2 aromatic carbocycles. The summed E-state index contributed by atoms with van der Waals surface area (Å²) in [6.07, 6.45) is 0.220. The molecule has 0 fully saturated rings. The number of nitrogens with zero attached hydrogens (tertiary/aromatic N) is 3. The molecule has 3 nitrogen and oxygen atoms in total. The van der Waals surface area contributed by atoms with Crippen LogP contribution in [-0.4, -0.2) is 28.8 Å².